The summed E-state index contributed by atoms with van der Waals surface area (Å²) in [5.74, 6) is -0.120. The first-order valence-corrected chi connectivity index (χ1v) is 10.2. The third-order valence-corrected chi connectivity index (χ3v) is 5.74. The first kappa shape index (κ1) is 19.3. The number of halogens is 1. The summed E-state index contributed by atoms with van der Waals surface area (Å²) in [5, 5.41) is 5.27. The number of imidazole rings is 1. The second-order valence-electron chi connectivity index (χ2n) is 6.87. The predicted molar refractivity (Wildman–Crippen MR) is 107 cm³/mol. The third-order valence-electron chi connectivity index (χ3n) is 4.82. The van der Waals surface area contributed by atoms with Crippen LogP contribution in [0.2, 0.25) is 0 Å². The van der Waals surface area contributed by atoms with Crippen molar-refractivity contribution in [1.29, 1.82) is 0 Å². The predicted octanol–water partition coefficient (Wildman–Crippen LogP) is 2.59. The minimum absolute atomic E-state index is 0.0356. The Morgan fingerprint density at radius 2 is 2.21 bits per heavy atom. The van der Waals surface area contributed by atoms with E-state index in [4.69, 9.17) is 0 Å². The topological polar surface area (TPSA) is 80.1 Å². The summed E-state index contributed by atoms with van der Waals surface area (Å²) in [7, 11) is 1.79. The Hall–Kier alpha value is -3.07. The van der Waals surface area contributed by atoms with E-state index in [-0.39, 0.29) is 18.2 Å². The molecule has 2 amide bonds. The number of rotatable bonds is 6. The van der Waals surface area contributed by atoms with Crippen LogP contribution in [0.5, 0.6) is 0 Å². The Labute approximate surface area is 171 Å². The molecular formula is C20H20FN5O2S. The van der Waals surface area contributed by atoms with Gasteiger partial charge in [-0.15, -0.1) is 11.3 Å². The fourth-order valence-corrected chi connectivity index (χ4v) is 4.24. The van der Waals surface area contributed by atoms with Crippen molar-refractivity contribution in [2.75, 3.05) is 11.4 Å². The molecule has 1 atom stereocenters. The summed E-state index contributed by atoms with van der Waals surface area (Å²) in [6.45, 7) is 0.659. The number of thiazole rings is 1. The number of carbonyl (C=O) groups is 2. The van der Waals surface area contributed by atoms with Crippen molar-refractivity contribution in [3.05, 3.63) is 64.9 Å². The van der Waals surface area contributed by atoms with E-state index in [0.29, 0.717) is 35.2 Å². The second-order valence-corrected chi connectivity index (χ2v) is 7.70. The molecule has 3 heterocycles. The average Bonchev–Trinajstić information content (AvgIpc) is 3.42. The summed E-state index contributed by atoms with van der Waals surface area (Å²) < 4.78 is 16.2. The van der Waals surface area contributed by atoms with Crippen LogP contribution in [0.1, 0.15) is 36.0 Å². The molecule has 1 saturated heterocycles. The van der Waals surface area contributed by atoms with Gasteiger partial charge in [-0.25, -0.2) is 14.4 Å². The largest absolute Gasteiger partial charge is 0.342 e. The zero-order valence-corrected chi connectivity index (χ0v) is 16.7. The van der Waals surface area contributed by atoms with Crippen LogP contribution in [0.25, 0.3) is 0 Å². The molecule has 1 fully saturated rings. The Bertz CT molecular complexity index is 1050. The number of anilines is 1. The minimum atomic E-state index is -0.720. The summed E-state index contributed by atoms with van der Waals surface area (Å²) in [5.41, 5.74) is 0.922. The van der Waals surface area contributed by atoms with Gasteiger partial charge < -0.3 is 9.88 Å². The Morgan fingerprint density at radius 1 is 1.38 bits per heavy atom. The summed E-state index contributed by atoms with van der Waals surface area (Å²) in [4.78, 5) is 35.0. The first-order valence-electron chi connectivity index (χ1n) is 9.28. The van der Waals surface area contributed by atoms with Crippen molar-refractivity contribution in [3.63, 3.8) is 0 Å². The van der Waals surface area contributed by atoms with E-state index in [2.05, 4.69) is 15.3 Å². The second kappa shape index (κ2) is 8.12. The number of benzene rings is 1. The molecule has 150 valence electrons. The molecule has 4 rings (SSSR count). The lowest BCUT2D eigenvalue weighted by Gasteiger charge is -2.19. The molecule has 29 heavy (non-hydrogen) atoms. The highest BCUT2D eigenvalue weighted by molar-refractivity contribution is 7.14. The molecule has 2 aromatic heterocycles. The number of hydrogen-bond acceptors (Lipinski definition) is 5. The molecule has 0 spiro atoms. The minimum Gasteiger partial charge on any atom is -0.342 e. The normalized spacial score (nSPS) is 15.0. The first-order chi connectivity index (χ1) is 14.0. The van der Waals surface area contributed by atoms with E-state index in [9.17, 15) is 14.0 Å². The molecule has 1 aromatic carbocycles. The third kappa shape index (κ3) is 4.04. The Kier molecular flexibility index (Phi) is 5.39. The fourth-order valence-electron chi connectivity index (χ4n) is 3.37. The Morgan fingerprint density at radius 3 is 2.90 bits per heavy atom. The lowest BCUT2D eigenvalue weighted by molar-refractivity contribution is -0.121. The highest BCUT2D eigenvalue weighted by atomic mass is 32.1. The van der Waals surface area contributed by atoms with Crippen molar-refractivity contribution in [2.45, 2.75) is 25.3 Å². The maximum Gasteiger partial charge on any atom is 0.228 e. The van der Waals surface area contributed by atoms with Crippen molar-refractivity contribution < 1.29 is 14.0 Å². The maximum absolute atomic E-state index is 14.4. The number of nitrogens with one attached hydrogen (secondary N) is 1. The number of aromatic nitrogens is 3. The quantitative estimate of drug-likeness (QED) is 0.674. The van der Waals surface area contributed by atoms with Gasteiger partial charge in [-0.2, -0.15) is 0 Å². The number of hydrogen-bond donors (Lipinski definition) is 1. The molecule has 0 radical (unpaired) electrons. The molecule has 1 aliphatic rings. The van der Waals surface area contributed by atoms with E-state index < -0.39 is 11.9 Å². The van der Waals surface area contributed by atoms with Crippen LogP contribution in [0.15, 0.2) is 42.0 Å². The zero-order valence-electron chi connectivity index (χ0n) is 15.8. The van der Waals surface area contributed by atoms with E-state index >= 15 is 0 Å². The van der Waals surface area contributed by atoms with Crippen LogP contribution in [0, 0.1) is 5.82 Å². The molecule has 0 saturated carbocycles. The molecular weight excluding hydrogens is 393 g/mol. The van der Waals surface area contributed by atoms with Crippen molar-refractivity contribution >= 4 is 28.3 Å². The summed E-state index contributed by atoms with van der Waals surface area (Å²) in [6.07, 6.45) is 4.74. The molecule has 1 unspecified atom stereocenters. The Balaban J connectivity index is 1.52. The fraction of sp³-hybridized carbons (Fsp3) is 0.300. The smallest absolute Gasteiger partial charge is 0.228 e. The monoisotopic (exact) mass is 413 g/mol. The molecule has 0 aliphatic carbocycles. The van der Waals surface area contributed by atoms with E-state index in [1.807, 2.05) is 0 Å². The van der Waals surface area contributed by atoms with Gasteiger partial charge in [-0.05, 0) is 12.5 Å². The van der Waals surface area contributed by atoms with E-state index in [1.165, 1.54) is 17.4 Å². The van der Waals surface area contributed by atoms with Crippen LogP contribution in [-0.4, -0.2) is 32.9 Å². The average molecular weight is 413 g/mol. The molecule has 9 heteroatoms. The number of amides is 2. The molecule has 3 aromatic rings. The summed E-state index contributed by atoms with van der Waals surface area (Å²) >= 11 is 1.35. The van der Waals surface area contributed by atoms with Crippen LogP contribution in [0.4, 0.5) is 9.52 Å². The van der Waals surface area contributed by atoms with Crippen molar-refractivity contribution in [1.82, 2.24) is 19.9 Å². The van der Waals surface area contributed by atoms with Gasteiger partial charge in [-0.3, -0.25) is 14.5 Å². The highest BCUT2D eigenvalue weighted by Crippen LogP contribution is 2.26. The van der Waals surface area contributed by atoms with Gasteiger partial charge >= 0.3 is 0 Å². The van der Waals surface area contributed by atoms with Crippen molar-refractivity contribution in [3.8, 4) is 0 Å². The lowest BCUT2D eigenvalue weighted by Crippen LogP contribution is -2.33. The van der Waals surface area contributed by atoms with Crippen LogP contribution < -0.4 is 10.2 Å². The van der Waals surface area contributed by atoms with Gasteiger partial charge in [-0.1, -0.05) is 18.2 Å². The highest BCUT2D eigenvalue weighted by Gasteiger charge is 2.26. The number of nitrogens with zero attached hydrogens (tertiary/aromatic N) is 4. The van der Waals surface area contributed by atoms with Gasteiger partial charge in [0.1, 0.15) is 17.7 Å². The lowest BCUT2D eigenvalue weighted by atomic mass is 10.0. The van der Waals surface area contributed by atoms with Gasteiger partial charge in [0.2, 0.25) is 11.8 Å². The van der Waals surface area contributed by atoms with Gasteiger partial charge in [0, 0.05) is 43.4 Å². The molecule has 0 bridgehead atoms. The number of carbonyl (C=O) groups excluding carboxylic acids is 2. The van der Waals surface area contributed by atoms with E-state index in [0.717, 1.165) is 6.42 Å². The van der Waals surface area contributed by atoms with Crippen LogP contribution in [-0.2, 0) is 23.1 Å². The van der Waals surface area contributed by atoms with E-state index in [1.54, 1.807) is 52.5 Å². The van der Waals surface area contributed by atoms with Gasteiger partial charge in [0.05, 0.1) is 12.1 Å². The molecule has 1 N–H and O–H groups in total. The molecule has 7 nitrogen and oxygen atoms in total. The van der Waals surface area contributed by atoms with Crippen LogP contribution in [0.3, 0.4) is 0 Å². The summed E-state index contributed by atoms with van der Waals surface area (Å²) in [6, 6.07) is 5.60. The van der Waals surface area contributed by atoms with Crippen molar-refractivity contribution in [2.24, 2.45) is 7.05 Å². The maximum atomic E-state index is 14.4. The zero-order chi connectivity index (χ0) is 20.4. The molecule has 1 aliphatic heterocycles. The van der Waals surface area contributed by atoms with Gasteiger partial charge in [0.25, 0.3) is 0 Å². The SMILES string of the molecule is Cn1ccnc1C(NC(=O)Cc1csc(N2CCCC2=O)n1)c1ccccc1F. The van der Waals surface area contributed by atoms with Crippen LogP contribution >= 0.6 is 11.3 Å². The van der Waals surface area contributed by atoms with Gasteiger partial charge in [0.15, 0.2) is 5.13 Å². The standard InChI is InChI=1S/C20H20FN5O2S/c1-25-10-8-22-19(25)18(14-5-2-3-6-15(14)21)24-16(27)11-13-12-29-20(23-13)26-9-4-7-17(26)28/h2-3,5-6,8,10,12,18H,4,7,9,11H2,1H3,(H,24,27). The number of aryl methyl sites for hydroxylation is 1.